The Morgan fingerprint density at radius 1 is 1.43 bits per heavy atom. The molecule has 2 aromatic heterocycles. The average Bonchev–Trinajstić information content (AvgIpc) is 3.16. The summed E-state index contributed by atoms with van der Waals surface area (Å²) in [5, 5.41) is 10.2. The molecule has 0 bridgehead atoms. The molecule has 23 heavy (non-hydrogen) atoms. The molecule has 0 aliphatic carbocycles. The first-order valence-electron chi connectivity index (χ1n) is 7.75. The van der Waals surface area contributed by atoms with Crippen LogP contribution in [0.25, 0.3) is 10.8 Å². The Balaban J connectivity index is 1.67. The first kappa shape index (κ1) is 16.2. The topological polar surface area (TPSA) is 69.8 Å². The zero-order valence-electron chi connectivity index (χ0n) is 13.4. The van der Waals surface area contributed by atoms with E-state index in [1.807, 2.05) is 24.0 Å². The number of β-amino-alcohol motifs (C(OH)–C–C–N with tert-alkyl or cyclic N) is 1. The highest BCUT2D eigenvalue weighted by atomic mass is 32.1. The van der Waals surface area contributed by atoms with Crippen LogP contribution in [-0.2, 0) is 0 Å². The number of aromatic nitrogens is 1. The number of rotatable bonds is 4. The van der Waals surface area contributed by atoms with Crippen LogP contribution in [0.2, 0.25) is 0 Å². The summed E-state index contributed by atoms with van der Waals surface area (Å²) in [6.45, 7) is 7.25. The largest absolute Gasteiger partial charge is 0.462 e. The van der Waals surface area contributed by atoms with Gasteiger partial charge < -0.3 is 14.4 Å². The summed E-state index contributed by atoms with van der Waals surface area (Å²) in [7, 11) is 0. The maximum Gasteiger partial charge on any atom is 0.273 e. The van der Waals surface area contributed by atoms with Crippen molar-refractivity contribution in [3.05, 3.63) is 29.0 Å². The number of carbonyl (C=O) groups excluding carboxylic acids is 1. The molecular formula is C16H21N3O3S. The molecule has 1 aliphatic heterocycles. The van der Waals surface area contributed by atoms with E-state index in [1.165, 1.54) is 11.3 Å². The van der Waals surface area contributed by atoms with Crippen molar-refractivity contribution in [2.24, 2.45) is 0 Å². The number of carbonyl (C=O) groups is 1. The number of aliphatic hydroxyl groups is 1. The van der Waals surface area contributed by atoms with E-state index in [-0.39, 0.29) is 12.0 Å². The molecule has 2 aromatic rings. The Morgan fingerprint density at radius 2 is 2.17 bits per heavy atom. The number of aryl methyl sites for hydroxylation is 1. The van der Waals surface area contributed by atoms with E-state index < -0.39 is 0 Å². The van der Waals surface area contributed by atoms with Crippen LogP contribution in [0.5, 0.6) is 0 Å². The molecule has 1 saturated heterocycles. The minimum atomic E-state index is -0.339. The van der Waals surface area contributed by atoms with Gasteiger partial charge in [-0.1, -0.05) is 0 Å². The minimum absolute atomic E-state index is 0.0201. The predicted molar refractivity (Wildman–Crippen MR) is 88.6 cm³/mol. The van der Waals surface area contributed by atoms with Gasteiger partial charge in [0.25, 0.3) is 5.91 Å². The highest BCUT2D eigenvalue weighted by Gasteiger charge is 2.26. The summed E-state index contributed by atoms with van der Waals surface area (Å²) in [6, 6.07) is 3.66. The van der Waals surface area contributed by atoms with Gasteiger partial charge in [0.05, 0.1) is 12.4 Å². The number of hydrogen-bond acceptors (Lipinski definition) is 6. The second kappa shape index (κ2) is 6.82. The van der Waals surface area contributed by atoms with Crippen LogP contribution < -0.4 is 0 Å². The number of amides is 1. The third-order valence-electron chi connectivity index (χ3n) is 3.91. The van der Waals surface area contributed by atoms with E-state index in [0.29, 0.717) is 31.1 Å². The van der Waals surface area contributed by atoms with Crippen molar-refractivity contribution < 1.29 is 14.3 Å². The lowest BCUT2D eigenvalue weighted by Gasteiger charge is -2.35. The molecule has 0 saturated carbocycles. The maximum absolute atomic E-state index is 12.7. The summed E-state index contributed by atoms with van der Waals surface area (Å²) in [4.78, 5) is 22.1. The van der Waals surface area contributed by atoms with Crippen molar-refractivity contribution in [1.29, 1.82) is 0 Å². The van der Waals surface area contributed by atoms with Gasteiger partial charge in [-0.3, -0.25) is 9.69 Å². The Bertz CT molecular complexity index is 658. The summed E-state index contributed by atoms with van der Waals surface area (Å²) in [5.74, 6) is 0.673. The number of furan rings is 1. The lowest BCUT2D eigenvalue weighted by molar-refractivity contribution is 0.0549. The molecule has 0 spiro atoms. The fourth-order valence-corrected chi connectivity index (χ4v) is 3.63. The van der Waals surface area contributed by atoms with E-state index in [4.69, 9.17) is 4.42 Å². The van der Waals surface area contributed by atoms with Gasteiger partial charge in [0.2, 0.25) is 0 Å². The summed E-state index contributed by atoms with van der Waals surface area (Å²) in [6.07, 6.45) is 1.27. The molecule has 1 aliphatic rings. The fourth-order valence-electron chi connectivity index (χ4n) is 2.76. The maximum atomic E-state index is 12.7. The Kier molecular flexibility index (Phi) is 4.79. The molecule has 7 heteroatoms. The third-order valence-corrected chi connectivity index (χ3v) is 4.90. The van der Waals surface area contributed by atoms with Gasteiger partial charge in [-0.05, 0) is 26.0 Å². The van der Waals surface area contributed by atoms with Crippen LogP contribution in [-0.4, -0.2) is 64.6 Å². The zero-order chi connectivity index (χ0) is 16.4. The second-order valence-electron chi connectivity index (χ2n) is 5.84. The molecule has 3 heterocycles. The van der Waals surface area contributed by atoms with Gasteiger partial charge in [0.15, 0.2) is 10.8 Å². The smallest absolute Gasteiger partial charge is 0.273 e. The van der Waals surface area contributed by atoms with Crippen molar-refractivity contribution in [2.45, 2.75) is 20.0 Å². The first-order valence-corrected chi connectivity index (χ1v) is 8.57. The van der Waals surface area contributed by atoms with E-state index in [2.05, 4.69) is 9.88 Å². The van der Waals surface area contributed by atoms with Gasteiger partial charge in [0, 0.05) is 37.6 Å². The highest BCUT2D eigenvalue weighted by Crippen LogP contribution is 2.28. The van der Waals surface area contributed by atoms with E-state index in [9.17, 15) is 9.90 Å². The molecule has 3 rings (SSSR count). The number of aliphatic hydroxyl groups excluding tert-OH is 1. The first-order chi connectivity index (χ1) is 11.0. The Hall–Kier alpha value is -1.70. The molecule has 6 nitrogen and oxygen atoms in total. The van der Waals surface area contributed by atoms with Gasteiger partial charge in [0.1, 0.15) is 5.69 Å². The van der Waals surface area contributed by atoms with Gasteiger partial charge in [-0.15, -0.1) is 11.3 Å². The van der Waals surface area contributed by atoms with E-state index >= 15 is 0 Å². The fraction of sp³-hybridized carbons (Fsp3) is 0.500. The quantitative estimate of drug-likeness (QED) is 0.923. The summed E-state index contributed by atoms with van der Waals surface area (Å²) >= 11 is 1.48. The summed E-state index contributed by atoms with van der Waals surface area (Å²) < 4.78 is 5.36. The molecule has 1 fully saturated rings. The molecule has 124 valence electrons. The predicted octanol–water partition coefficient (Wildman–Crippen LogP) is 1.85. The molecule has 0 unspecified atom stereocenters. The number of piperazine rings is 1. The lowest BCUT2D eigenvalue weighted by atomic mass is 10.2. The third kappa shape index (κ3) is 3.63. The lowest BCUT2D eigenvalue weighted by Crippen LogP contribution is -2.50. The number of nitrogens with zero attached hydrogens (tertiary/aromatic N) is 3. The molecule has 1 amide bonds. The van der Waals surface area contributed by atoms with E-state index in [0.717, 1.165) is 23.0 Å². The number of thiazole rings is 1. The normalized spacial score (nSPS) is 17.4. The Labute approximate surface area is 139 Å². The zero-order valence-corrected chi connectivity index (χ0v) is 14.2. The van der Waals surface area contributed by atoms with Crippen molar-refractivity contribution in [3.8, 4) is 10.8 Å². The van der Waals surface area contributed by atoms with Crippen molar-refractivity contribution in [3.63, 3.8) is 0 Å². The SMILES string of the molecule is Cc1sc(-c2ccco2)nc1C(=O)N1CCN(C[C@H](C)O)CC1. The van der Waals surface area contributed by atoms with Crippen LogP contribution in [0.4, 0.5) is 0 Å². The molecule has 1 N–H and O–H groups in total. The highest BCUT2D eigenvalue weighted by molar-refractivity contribution is 7.15. The van der Waals surface area contributed by atoms with Crippen molar-refractivity contribution in [1.82, 2.24) is 14.8 Å². The van der Waals surface area contributed by atoms with Crippen LogP contribution in [0, 0.1) is 6.92 Å². The van der Waals surface area contributed by atoms with Gasteiger partial charge >= 0.3 is 0 Å². The van der Waals surface area contributed by atoms with Crippen molar-refractivity contribution in [2.75, 3.05) is 32.7 Å². The standard InChI is InChI=1S/C16H21N3O3S/c1-11(20)10-18-5-7-19(8-6-18)16(21)14-12(2)23-15(17-14)13-4-3-9-22-13/h3-4,9,11,20H,5-8,10H2,1-2H3/t11-/m0/s1. The van der Waals surface area contributed by atoms with Gasteiger partial charge in [-0.25, -0.2) is 4.98 Å². The average molecular weight is 335 g/mol. The molecular weight excluding hydrogens is 314 g/mol. The minimum Gasteiger partial charge on any atom is -0.462 e. The molecule has 0 radical (unpaired) electrons. The summed E-state index contributed by atoms with van der Waals surface area (Å²) in [5.41, 5.74) is 0.519. The second-order valence-corrected chi connectivity index (χ2v) is 7.05. The van der Waals surface area contributed by atoms with Crippen LogP contribution in [0.1, 0.15) is 22.3 Å². The van der Waals surface area contributed by atoms with Crippen LogP contribution in [0.3, 0.4) is 0 Å². The molecule has 1 atom stereocenters. The van der Waals surface area contributed by atoms with Crippen LogP contribution >= 0.6 is 11.3 Å². The Morgan fingerprint density at radius 3 is 2.78 bits per heavy atom. The van der Waals surface area contributed by atoms with E-state index in [1.54, 1.807) is 13.2 Å². The number of hydrogen-bond donors (Lipinski definition) is 1. The monoisotopic (exact) mass is 335 g/mol. The van der Waals surface area contributed by atoms with Gasteiger partial charge in [-0.2, -0.15) is 0 Å². The van der Waals surface area contributed by atoms with Crippen LogP contribution in [0.15, 0.2) is 22.8 Å². The molecule has 0 aromatic carbocycles. The van der Waals surface area contributed by atoms with Crippen molar-refractivity contribution >= 4 is 17.2 Å².